The molecule has 0 saturated carbocycles. The zero-order valence-electron chi connectivity index (χ0n) is 16.2. The van der Waals surface area contributed by atoms with E-state index in [-0.39, 0.29) is 6.61 Å². The average molecular weight is 401 g/mol. The summed E-state index contributed by atoms with van der Waals surface area (Å²) in [6.07, 6.45) is 4.31. The Labute approximate surface area is 172 Å². The highest BCUT2D eigenvalue weighted by atomic mass is 16.5. The Kier molecular flexibility index (Phi) is 5.66. The van der Waals surface area contributed by atoms with E-state index in [0.29, 0.717) is 17.3 Å². The van der Waals surface area contributed by atoms with E-state index in [0.717, 1.165) is 22.3 Å². The van der Waals surface area contributed by atoms with Crippen molar-refractivity contribution in [3.05, 3.63) is 78.9 Å². The number of ether oxygens (including phenoxy) is 2. The second-order valence-electron chi connectivity index (χ2n) is 6.40. The maximum atomic E-state index is 12.2. The molecule has 2 N–H and O–H groups in total. The van der Waals surface area contributed by atoms with Gasteiger partial charge in [-0.2, -0.15) is 5.10 Å². The molecule has 0 atom stereocenters. The number of aromatic amines is 1. The number of hydrogen-bond acceptors (Lipinski definition) is 6. The van der Waals surface area contributed by atoms with Crippen molar-refractivity contribution in [1.29, 1.82) is 0 Å². The van der Waals surface area contributed by atoms with Crippen molar-refractivity contribution in [3.8, 4) is 28.3 Å². The molecule has 8 heteroatoms. The van der Waals surface area contributed by atoms with Crippen LogP contribution in [0.15, 0.2) is 73.3 Å². The normalized spacial score (nSPS) is 10.4. The van der Waals surface area contributed by atoms with Gasteiger partial charge in [0.1, 0.15) is 18.7 Å². The molecule has 2 aromatic carbocycles. The van der Waals surface area contributed by atoms with Crippen LogP contribution in [0.25, 0.3) is 22.5 Å². The van der Waals surface area contributed by atoms with E-state index in [4.69, 9.17) is 9.47 Å². The topological polar surface area (TPSA) is 102 Å². The highest BCUT2D eigenvalue weighted by molar-refractivity contribution is 5.87. The second-order valence-corrected chi connectivity index (χ2v) is 6.40. The second kappa shape index (κ2) is 8.87. The molecule has 2 heterocycles. The molecule has 0 aliphatic heterocycles. The fourth-order valence-corrected chi connectivity index (χ4v) is 2.95. The highest BCUT2D eigenvalue weighted by Crippen LogP contribution is 2.33. The van der Waals surface area contributed by atoms with E-state index < -0.39 is 6.09 Å². The summed E-state index contributed by atoms with van der Waals surface area (Å²) >= 11 is 0. The van der Waals surface area contributed by atoms with E-state index in [9.17, 15) is 4.79 Å². The average Bonchev–Trinajstić information content (AvgIpc) is 3.34. The molecule has 0 radical (unpaired) electrons. The van der Waals surface area contributed by atoms with Gasteiger partial charge >= 0.3 is 6.09 Å². The Morgan fingerprint density at radius 1 is 1.07 bits per heavy atom. The molecule has 2 aromatic heterocycles. The number of amides is 1. The van der Waals surface area contributed by atoms with Gasteiger partial charge in [-0.25, -0.2) is 9.78 Å². The monoisotopic (exact) mass is 401 g/mol. The van der Waals surface area contributed by atoms with Crippen LogP contribution in [0, 0.1) is 0 Å². The SMILES string of the molecule is COc1ccc(NC(=O)OCc2ccccc2)cc1-c1cncc(-c2ncn[nH]2)c1. The summed E-state index contributed by atoms with van der Waals surface area (Å²) in [5, 5.41) is 9.44. The van der Waals surface area contributed by atoms with Crippen molar-refractivity contribution in [3.63, 3.8) is 0 Å². The maximum absolute atomic E-state index is 12.2. The van der Waals surface area contributed by atoms with Gasteiger partial charge in [-0.05, 0) is 29.8 Å². The van der Waals surface area contributed by atoms with Crippen molar-refractivity contribution in [2.45, 2.75) is 6.61 Å². The van der Waals surface area contributed by atoms with Crippen molar-refractivity contribution in [2.24, 2.45) is 0 Å². The largest absolute Gasteiger partial charge is 0.496 e. The molecule has 0 aliphatic rings. The lowest BCUT2D eigenvalue weighted by atomic mass is 10.0. The molecular formula is C22H19N5O3. The highest BCUT2D eigenvalue weighted by Gasteiger charge is 2.12. The third-order valence-electron chi connectivity index (χ3n) is 4.40. The Hall–Kier alpha value is -4.20. The van der Waals surface area contributed by atoms with Crippen LogP contribution in [-0.2, 0) is 11.3 Å². The molecule has 8 nitrogen and oxygen atoms in total. The van der Waals surface area contributed by atoms with E-state index >= 15 is 0 Å². The molecule has 150 valence electrons. The number of rotatable bonds is 6. The number of nitrogens with one attached hydrogen (secondary N) is 2. The molecule has 0 aliphatic carbocycles. The van der Waals surface area contributed by atoms with Crippen LogP contribution >= 0.6 is 0 Å². The third-order valence-corrected chi connectivity index (χ3v) is 4.40. The molecule has 4 aromatic rings. The van der Waals surface area contributed by atoms with Crippen LogP contribution in [0.1, 0.15) is 5.56 Å². The van der Waals surface area contributed by atoms with Gasteiger partial charge < -0.3 is 9.47 Å². The quantitative estimate of drug-likeness (QED) is 0.500. The van der Waals surface area contributed by atoms with E-state index in [1.807, 2.05) is 42.5 Å². The number of methoxy groups -OCH3 is 1. The Morgan fingerprint density at radius 2 is 1.90 bits per heavy atom. The number of H-pyrrole nitrogens is 1. The van der Waals surface area contributed by atoms with Gasteiger partial charge in [0, 0.05) is 34.8 Å². The molecule has 0 fully saturated rings. The summed E-state index contributed by atoms with van der Waals surface area (Å²) in [5.74, 6) is 1.26. The van der Waals surface area contributed by atoms with Gasteiger partial charge in [0.2, 0.25) is 0 Å². The van der Waals surface area contributed by atoms with Gasteiger partial charge in [-0.1, -0.05) is 30.3 Å². The zero-order chi connectivity index (χ0) is 20.8. The van der Waals surface area contributed by atoms with Crippen LogP contribution in [0.3, 0.4) is 0 Å². The molecule has 0 spiro atoms. The first-order valence-corrected chi connectivity index (χ1v) is 9.20. The number of nitrogens with zero attached hydrogens (tertiary/aromatic N) is 3. The minimum atomic E-state index is -0.538. The fraction of sp³-hybridized carbons (Fsp3) is 0.0909. The Balaban J connectivity index is 1.54. The van der Waals surface area contributed by atoms with E-state index in [1.165, 1.54) is 6.33 Å². The predicted octanol–water partition coefficient (Wildman–Crippen LogP) is 4.29. The molecule has 4 rings (SSSR count). The molecular weight excluding hydrogens is 382 g/mol. The van der Waals surface area contributed by atoms with Crippen molar-refractivity contribution < 1.29 is 14.3 Å². The molecule has 30 heavy (non-hydrogen) atoms. The number of benzene rings is 2. The smallest absolute Gasteiger partial charge is 0.411 e. The van der Waals surface area contributed by atoms with Crippen LogP contribution < -0.4 is 10.1 Å². The fourth-order valence-electron chi connectivity index (χ4n) is 2.95. The van der Waals surface area contributed by atoms with Crippen LogP contribution in [-0.4, -0.2) is 33.4 Å². The Morgan fingerprint density at radius 3 is 2.67 bits per heavy atom. The minimum absolute atomic E-state index is 0.193. The van der Waals surface area contributed by atoms with Gasteiger partial charge in [-0.3, -0.25) is 15.4 Å². The Bertz CT molecular complexity index is 1130. The number of pyridine rings is 1. The third kappa shape index (κ3) is 4.44. The lowest BCUT2D eigenvalue weighted by Crippen LogP contribution is -2.13. The van der Waals surface area contributed by atoms with Crippen molar-refractivity contribution >= 4 is 11.8 Å². The maximum Gasteiger partial charge on any atom is 0.411 e. The summed E-state index contributed by atoms with van der Waals surface area (Å²) < 4.78 is 10.8. The van der Waals surface area contributed by atoms with Crippen LogP contribution in [0.2, 0.25) is 0 Å². The van der Waals surface area contributed by atoms with Crippen molar-refractivity contribution in [2.75, 3.05) is 12.4 Å². The van der Waals surface area contributed by atoms with Crippen LogP contribution in [0.4, 0.5) is 10.5 Å². The first-order valence-electron chi connectivity index (χ1n) is 9.20. The van der Waals surface area contributed by atoms with Gasteiger partial charge in [-0.15, -0.1) is 0 Å². The van der Waals surface area contributed by atoms with Gasteiger partial charge in [0.05, 0.1) is 7.11 Å². The molecule has 0 bridgehead atoms. The number of carbonyl (C=O) groups is 1. The summed E-state index contributed by atoms with van der Waals surface area (Å²) in [4.78, 5) is 20.6. The number of carbonyl (C=O) groups excluding carboxylic acids is 1. The first kappa shape index (κ1) is 19.1. The lowest BCUT2D eigenvalue weighted by molar-refractivity contribution is 0.155. The van der Waals surface area contributed by atoms with E-state index in [2.05, 4.69) is 25.5 Å². The standard InChI is InChI=1S/C22H19N5O3/c1-29-20-8-7-18(26-22(28)30-13-15-5-3-2-4-6-15)10-19(20)16-9-17(12-23-11-16)21-24-14-25-27-21/h2-12,14H,13H2,1H3,(H,26,28)(H,24,25,27). The summed E-state index contributed by atoms with van der Waals surface area (Å²) in [7, 11) is 1.59. The van der Waals surface area contributed by atoms with Gasteiger partial charge in [0.15, 0.2) is 5.82 Å². The lowest BCUT2D eigenvalue weighted by Gasteiger charge is -2.12. The number of aromatic nitrogens is 4. The number of hydrogen-bond donors (Lipinski definition) is 2. The van der Waals surface area contributed by atoms with Gasteiger partial charge in [0.25, 0.3) is 0 Å². The van der Waals surface area contributed by atoms with E-state index in [1.54, 1.807) is 31.6 Å². The van der Waals surface area contributed by atoms with Crippen molar-refractivity contribution in [1.82, 2.24) is 20.2 Å². The summed E-state index contributed by atoms with van der Waals surface area (Å²) in [6.45, 7) is 0.193. The molecule has 0 unspecified atom stereocenters. The summed E-state index contributed by atoms with van der Waals surface area (Å²) in [6, 6.07) is 16.8. The zero-order valence-corrected chi connectivity index (χ0v) is 16.2. The molecule has 0 saturated heterocycles. The minimum Gasteiger partial charge on any atom is -0.496 e. The predicted molar refractivity (Wildman–Crippen MR) is 112 cm³/mol. The molecule has 1 amide bonds. The first-order chi connectivity index (χ1) is 14.7. The van der Waals surface area contributed by atoms with Crippen LogP contribution in [0.5, 0.6) is 5.75 Å². The number of anilines is 1. The summed E-state index contributed by atoms with van der Waals surface area (Å²) in [5.41, 5.74) is 3.86.